The van der Waals surface area contributed by atoms with Crippen LogP contribution in [0.5, 0.6) is 0 Å². The number of nitrogens with one attached hydrogen (secondary N) is 1. The second-order valence-electron chi connectivity index (χ2n) is 4.85. The van der Waals surface area contributed by atoms with Crippen molar-refractivity contribution in [2.24, 2.45) is 5.41 Å². The van der Waals surface area contributed by atoms with E-state index in [1.165, 1.54) is 11.1 Å². The van der Waals surface area contributed by atoms with Gasteiger partial charge in [-0.2, -0.15) is 5.26 Å². The van der Waals surface area contributed by atoms with Crippen molar-refractivity contribution in [2.75, 3.05) is 13.1 Å². The van der Waals surface area contributed by atoms with Crippen molar-refractivity contribution in [3.05, 3.63) is 35.4 Å². The Morgan fingerprint density at radius 1 is 1.31 bits per heavy atom. The highest BCUT2D eigenvalue weighted by atomic mass is 14.9. The molecule has 1 N–H and O–H groups in total. The number of rotatable bonds is 5. The first-order valence-electron chi connectivity index (χ1n) is 5.72. The molecule has 0 aliphatic heterocycles. The van der Waals surface area contributed by atoms with E-state index < -0.39 is 0 Å². The van der Waals surface area contributed by atoms with Gasteiger partial charge in [0.15, 0.2) is 0 Å². The SMILES string of the molecule is Cc1ccccc1CCNCC(C)(C)C#N. The number of nitriles is 1. The van der Waals surface area contributed by atoms with Gasteiger partial charge in [-0.05, 0) is 44.9 Å². The van der Waals surface area contributed by atoms with Crippen molar-refractivity contribution < 1.29 is 0 Å². The Hall–Kier alpha value is -1.33. The molecule has 2 heteroatoms. The van der Waals surface area contributed by atoms with Crippen LogP contribution in [0.1, 0.15) is 25.0 Å². The van der Waals surface area contributed by atoms with E-state index in [1.807, 2.05) is 13.8 Å². The summed E-state index contributed by atoms with van der Waals surface area (Å²) in [6.07, 6.45) is 1.02. The highest BCUT2D eigenvalue weighted by Gasteiger charge is 2.15. The molecule has 16 heavy (non-hydrogen) atoms. The minimum absolute atomic E-state index is 0.272. The summed E-state index contributed by atoms with van der Waals surface area (Å²) < 4.78 is 0. The minimum atomic E-state index is -0.272. The Morgan fingerprint density at radius 2 is 2.00 bits per heavy atom. The molecule has 0 heterocycles. The van der Waals surface area contributed by atoms with Crippen molar-refractivity contribution in [2.45, 2.75) is 27.2 Å². The molecule has 1 aromatic rings. The molecule has 1 rings (SSSR count). The Bertz CT molecular complexity index is 375. The van der Waals surface area contributed by atoms with E-state index >= 15 is 0 Å². The van der Waals surface area contributed by atoms with Crippen molar-refractivity contribution in [3.8, 4) is 6.07 Å². The normalized spacial score (nSPS) is 11.1. The largest absolute Gasteiger partial charge is 0.315 e. The summed E-state index contributed by atoms with van der Waals surface area (Å²) in [5, 5.41) is 12.2. The molecule has 0 atom stereocenters. The minimum Gasteiger partial charge on any atom is -0.315 e. The molecule has 0 bridgehead atoms. The van der Waals surface area contributed by atoms with Crippen LogP contribution in [0.2, 0.25) is 0 Å². The number of hydrogen-bond donors (Lipinski definition) is 1. The fourth-order valence-electron chi connectivity index (χ4n) is 1.55. The van der Waals surface area contributed by atoms with Gasteiger partial charge in [0.2, 0.25) is 0 Å². The van der Waals surface area contributed by atoms with Crippen LogP contribution in [0, 0.1) is 23.7 Å². The molecule has 0 amide bonds. The van der Waals surface area contributed by atoms with Gasteiger partial charge >= 0.3 is 0 Å². The number of aryl methyl sites for hydroxylation is 1. The van der Waals surface area contributed by atoms with Crippen LogP contribution >= 0.6 is 0 Å². The lowest BCUT2D eigenvalue weighted by Crippen LogP contribution is -2.29. The third-order valence-corrected chi connectivity index (χ3v) is 2.70. The molecule has 0 radical (unpaired) electrons. The molecule has 0 aliphatic rings. The summed E-state index contributed by atoms with van der Waals surface area (Å²) >= 11 is 0. The maximum Gasteiger partial charge on any atom is 0.0697 e. The second-order valence-corrected chi connectivity index (χ2v) is 4.85. The summed E-state index contributed by atoms with van der Waals surface area (Å²) in [5.41, 5.74) is 2.44. The lowest BCUT2D eigenvalue weighted by atomic mass is 9.96. The first kappa shape index (κ1) is 12.7. The molecule has 0 saturated carbocycles. The standard InChI is InChI=1S/C14H20N2/c1-12-6-4-5-7-13(12)8-9-16-11-14(2,3)10-15/h4-7,16H,8-9,11H2,1-3H3. The number of nitrogens with zero attached hydrogens (tertiary/aromatic N) is 1. The molecule has 0 spiro atoms. The van der Waals surface area contributed by atoms with E-state index in [1.54, 1.807) is 0 Å². The summed E-state index contributed by atoms with van der Waals surface area (Å²) in [4.78, 5) is 0. The second kappa shape index (κ2) is 5.67. The highest BCUT2D eigenvalue weighted by Crippen LogP contribution is 2.11. The average molecular weight is 216 g/mol. The van der Waals surface area contributed by atoms with Crippen LogP contribution in [0.15, 0.2) is 24.3 Å². The number of hydrogen-bond acceptors (Lipinski definition) is 2. The third-order valence-electron chi connectivity index (χ3n) is 2.70. The molecule has 0 unspecified atom stereocenters. The van der Waals surface area contributed by atoms with Crippen LogP contribution in [-0.4, -0.2) is 13.1 Å². The van der Waals surface area contributed by atoms with Crippen LogP contribution in [0.25, 0.3) is 0 Å². The Balaban J connectivity index is 2.33. The fourth-order valence-corrected chi connectivity index (χ4v) is 1.55. The van der Waals surface area contributed by atoms with Gasteiger partial charge in [0.1, 0.15) is 0 Å². The Kier molecular flexibility index (Phi) is 4.52. The fraction of sp³-hybridized carbons (Fsp3) is 0.500. The Labute approximate surface area is 98.3 Å². The summed E-state index contributed by atoms with van der Waals surface area (Å²) in [5.74, 6) is 0. The summed E-state index contributed by atoms with van der Waals surface area (Å²) in [7, 11) is 0. The van der Waals surface area contributed by atoms with Gasteiger partial charge < -0.3 is 5.32 Å². The highest BCUT2D eigenvalue weighted by molar-refractivity contribution is 5.25. The van der Waals surface area contributed by atoms with Crippen molar-refractivity contribution in [3.63, 3.8) is 0 Å². The van der Waals surface area contributed by atoms with Crippen molar-refractivity contribution in [1.82, 2.24) is 5.32 Å². The molecule has 0 fully saturated rings. The lowest BCUT2D eigenvalue weighted by Gasteiger charge is -2.16. The molecule has 1 aromatic carbocycles. The maximum absolute atomic E-state index is 8.86. The molecule has 0 aliphatic carbocycles. The first-order chi connectivity index (χ1) is 7.55. The number of benzene rings is 1. The van der Waals surface area contributed by atoms with Gasteiger partial charge in [-0.1, -0.05) is 24.3 Å². The summed E-state index contributed by atoms with van der Waals surface area (Å²) in [6, 6.07) is 10.7. The zero-order chi connectivity index (χ0) is 12.0. The van der Waals surface area contributed by atoms with E-state index in [0.29, 0.717) is 0 Å². The molecular weight excluding hydrogens is 196 g/mol. The molecular formula is C14H20N2. The van der Waals surface area contributed by atoms with Gasteiger partial charge in [-0.25, -0.2) is 0 Å². The zero-order valence-corrected chi connectivity index (χ0v) is 10.4. The van der Waals surface area contributed by atoms with Gasteiger partial charge in [-0.15, -0.1) is 0 Å². The lowest BCUT2D eigenvalue weighted by molar-refractivity contribution is 0.447. The quantitative estimate of drug-likeness (QED) is 0.768. The first-order valence-corrected chi connectivity index (χ1v) is 5.72. The van der Waals surface area contributed by atoms with E-state index in [4.69, 9.17) is 5.26 Å². The van der Waals surface area contributed by atoms with E-state index in [2.05, 4.69) is 42.6 Å². The van der Waals surface area contributed by atoms with Crippen molar-refractivity contribution >= 4 is 0 Å². The van der Waals surface area contributed by atoms with Gasteiger partial charge in [0, 0.05) is 6.54 Å². The third kappa shape index (κ3) is 4.04. The topological polar surface area (TPSA) is 35.8 Å². The smallest absolute Gasteiger partial charge is 0.0697 e. The van der Waals surface area contributed by atoms with Crippen LogP contribution < -0.4 is 5.32 Å². The van der Waals surface area contributed by atoms with Gasteiger partial charge in [-0.3, -0.25) is 0 Å². The maximum atomic E-state index is 8.86. The average Bonchev–Trinajstić information content (AvgIpc) is 2.27. The molecule has 86 valence electrons. The zero-order valence-electron chi connectivity index (χ0n) is 10.4. The van der Waals surface area contributed by atoms with Crippen LogP contribution in [-0.2, 0) is 6.42 Å². The van der Waals surface area contributed by atoms with Gasteiger partial charge in [0.05, 0.1) is 11.5 Å². The molecule has 2 nitrogen and oxygen atoms in total. The van der Waals surface area contributed by atoms with E-state index in [0.717, 1.165) is 19.5 Å². The monoisotopic (exact) mass is 216 g/mol. The Morgan fingerprint density at radius 3 is 2.62 bits per heavy atom. The predicted octanol–water partition coefficient (Wildman–Crippen LogP) is 2.68. The van der Waals surface area contributed by atoms with Gasteiger partial charge in [0.25, 0.3) is 0 Å². The van der Waals surface area contributed by atoms with Crippen LogP contribution in [0.3, 0.4) is 0 Å². The predicted molar refractivity (Wildman–Crippen MR) is 67.1 cm³/mol. The molecule has 0 saturated heterocycles. The van der Waals surface area contributed by atoms with E-state index in [9.17, 15) is 0 Å². The van der Waals surface area contributed by atoms with E-state index in [-0.39, 0.29) is 5.41 Å². The molecule has 0 aromatic heterocycles. The van der Waals surface area contributed by atoms with Crippen LogP contribution in [0.4, 0.5) is 0 Å². The van der Waals surface area contributed by atoms with Crippen molar-refractivity contribution in [1.29, 1.82) is 5.26 Å². The summed E-state index contributed by atoms with van der Waals surface area (Å²) in [6.45, 7) is 7.71.